The van der Waals surface area contributed by atoms with Crippen molar-refractivity contribution in [2.45, 2.75) is 24.8 Å². The third-order valence-electron chi connectivity index (χ3n) is 7.02. The van der Waals surface area contributed by atoms with Crippen LogP contribution in [0.1, 0.15) is 24.0 Å². The molecule has 180 valence electrons. The van der Waals surface area contributed by atoms with Gasteiger partial charge in [-0.15, -0.1) is 0 Å². The molecule has 2 aromatic rings. The number of carbonyl (C=O) groups is 2. The molecule has 0 saturated carbocycles. The SMILES string of the molecule is COc1cccc(CC2(C3CCN(CC=Cc4ccccc4OC)CC3)NC(=O)N(C)C2=O)c1. The largest absolute Gasteiger partial charge is 0.497 e. The van der Waals surface area contributed by atoms with Crippen LogP contribution in [0.4, 0.5) is 4.79 Å². The maximum absolute atomic E-state index is 13.3. The van der Waals surface area contributed by atoms with Gasteiger partial charge < -0.3 is 14.8 Å². The number of carbonyl (C=O) groups excluding carboxylic acids is 2. The van der Waals surface area contributed by atoms with Gasteiger partial charge in [0.05, 0.1) is 14.2 Å². The molecule has 1 unspecified atom stereocenters. The average Bonchev–Trinajstić information content (AvgIpc) is 3.08. The molecule has 0 bridgehead atoms. The van der Waals surface area contributed by atoms with E-state index < -0.39 is 5.54 Å². The number of ether oxygens (including phenoxy) is 2. The van der Waals surface area contributed by atoms with E-state index in [2.05, 4.69) is 22.4 Å². The fraction of sp³-hybridized carbons (Fsp3) is 0.407. The smallest absolute Gasteiger partial charge is 0.324 e. The Labute approximate surface area is 201 Å². The summed E-state index contributed by atoms with van der Waals surface area (Å²) in [5.41, 5.74) is 1.11. The standard InChI is InChI=1S/C27H33N3O4/c1-29-25(31)27(28-26(29)32,19-20-8-6-11-23(18-20)33-2)22-13-16-30(17-14-22)15-7-10-21-9-4-5-12-24(21)34-3/h4-12,18,22H,13-17,19H2,1-3H3,(H,28,32). The highest BCUT2D eigenvalue weighted by atomic mass is 16.5. The number of piperidine rings is 1. The highest BCUT2D eigenvalue weighted by Crippen LogP contribution is 2.36. The van der Waals surface area contributed by atoms with E-state index in [9.17, 15) is 9.59 Å². The molecular weight excluding hydrogens is 430 g/mol. The number of amides is 3. The first kappa shape index (κ1) is 23.8. The molecule has 0 radical (unpaired) electrons. The van der Waals surface area contributed by atoms with E-state index in [4.69, 9.17) is 9.47 Å². The quantitative estimate of drug-likeness (QED) is 0.606. The van der Waals surface area contributed by atoms with Crippen LogP contribution in [0.2, 0.25) is 0 Å². The van der Waals surface area contributed by atoms with Gasteiger partial charge in [-0.2, -0.15) is 0 Å². The van der Waals surface area contributed by atoms with Gasteiger partial charge in [0.25, 0.3) is 5.91 Å². The molecule has 2 aromatic carbocycles. The van der Waals surface area contributed by atoms with Gasteiger partial charge in [0.2, 0.25) is 0 Å². The summed E-state index contributed by atoms with van der Waals surface area (Å²) >= 11 is 0. The van der Waals surface area contributed by atoms with Crippen LogP contribution in [0.5, 0.6) is 11.5 Å². The second-order valence-electron chi connectivity index (χ2n) is 9.01. The van der Waals surface area contributed by atoms with Crippen LogP contribution in [0.25, 0.3) is 6.08 Å². The molecule has 2 aliphatic rings. The van der Waals surface area contributed by atoms with Crippen molar-refractivity contribution in [2.24, 2.45) is 5.92 Å². The predicted octanol–water partition coefficient (Wildman–Crippen LogP) is 3.59. The van der Waals surface area contributed by atoms with E-state index in [0.717, 1.165) is 55.1 Å². The number of hydrogen-bond acceptors (Lipinski definition) is 5. The van der Waals surface area contributed by atoms with Gasteiger partial charge in [-0.05, 0) is 55.6 Å². The highest BCUT2D eigenvalue weighted by Gasteiger charge is 2.54. The number of benzene rings is 2. The van der Waals surface area contributed by atoms with Crippen molar-refractivity contribution in [3.63, 3.8) is 0 Å². The number of rotatable bonds is 8. The molecule has 34 heavy (non-hydrogen) atoms. The Balaban J connectivity index is 1.44. The van der Waals surface area contributed by atoms with E-state index in [1.807, 2.05) is 48.5 Å². The molecular formula is C27H33N3O4. The molecule has 7 heteroatoms. The van der Waals surface area contributed by atoms with Gasteiger partial charge in [0, 0.05) is 25.6 Å². The van der Waals surface area contributed by atoms with Crippen molar-refractivity contribution < 1.29 is 19.1 Å². The summed E-state index contributed by atoms with van der Waals surface area (Å²) in [5, 5.41) is 3.07. The van der Waals surface area contributed by atoms with Crippen LogP contribution >= 0.6 is 0 Å². The second-order valence-corrected chi connectivity index (χ2v) is 9.01. The molecule has 2 saturated heterocycles. The van der Waals surface area contributed by atoms with E-state index in [1.165, 1.54) is 4.90 Å². The van der Waals surface area contributed by atoms with E-state index >= 15 is 0 Å². The zero-order valence-electron chi connectivity index (χ0n) is 20.1. The van der Waals surface area contributed by atoms with Gasteiger partial charge in [-0.25, -0.2) is 4.79 Å². The molecule has 1 N–H and O–H groups in total. The fourth-order valence-electron chi connectivity index (χ4n) is 5.11. The number of urea groups is 1. The summed E-state index contributed by atoms with van der Waals surface area (Å²) in [6.07, 6.45) is 6.38. The van der Waals surface area contributed by atoms with Crippen LogP contribution in [0, 0.1) is 5.92 Å². The summed E-state index contributed by atoms with van der Waals surface area (Å²) in [5.74, 6) is 1.52. The number of para-hydroxylation sites is 1. The van der Waals surface area contributed by atoms with Crippen molar-refractivity contribution in [2.75, 3.05) is 40.9 Å². The van der Waals surface area contributed by atoms with Gasteiger partial charge in [-0.3, -0.25) is 14.6 Å². The van der Waals surface area contributed by atoms with Crippen molar-refractivity contribution >= 4 is 18.0 Å². The third-order valence-corrected chi connectivity index (χ3v) is 7.02. The minimum atomic E-state index is -0.919. The van der Waals surface area contributed by atoms with Crippen molar-refractivity contribution in [3.05, 3.63) is 65.7 Å². The lowest BCUT2D eigenvalue weighted by molar-refractivity contribution is -0.133. The highest BCUT2D eigenvalue weighted by molar-refractivity contribution is 6.07. The maximum Gasteiger partial charge on any atom is 0.324 e. The monoisotopic (exact) mass is 463 g/mol. The van der Waals surface area contributed by atoms with Crippen LogP contribution in [-0.2, 0) is 11.2 Å². The maximum atomic E-state index is 13.3. The second kappa shape index (κ2) is 10.3. The van der Waals surface area contributed by atoms with Gasteiger partial charge in [0.1, 0.15) is 17.0 Å². The zero-order chi connectivity index (χ0) is 24.1. The Morgan fingerprint density at radius 1 is 1.06 bits per heavy atom. The molecule has 2 heterocycles. The first-order chi connectivity index (χ1) is 16.5. The number of imide groups is 1. The molecule has 0 aromatic heterocycles. The Morgan fingerprint density at radius 3 is 2.50 bits per heavy atom. The molecule has 0 aliphatic carbocycles. The molecule has 0 spiro atoms. The zero-order valence-corrected chi connectivity index (χ0v) is 20.1. The summed E-state index contributed by atoms with van der Waals surface area (Å²) in [6.45, 7) is 2.56. The average molecular weight is 464 g/mol. The first-order valence-electron chi connectivity index (χ1n) is 11.7. The molecule has 4 rings (SSSR count). The number of likely N-dealkylation sites (tertiary alicyclic amines) is 1. The molecule has 3 amide bonds. The van der Waals surface area contributed by atoms with Crippen molar-refractivity contribution in [1.29, 1.82) is 0 Å². The van der Waals surface area contributed by atoms with Crippen LogP contribution in [0.15, 0.2) is 54.6 Å². The van der Waals surface area contributed by atoms with Gasteiger partial charge in [-0.1, -0.05) is 42.5 Å². The molecule has 1 atom stereocenters. The Bertz CT molecular complexity index is 1060. The lowest BCUT2D eigenvalue weighted by Gasteiger charge is -2.40. The summed E-state index contributed by atoms with van der Waals surface area (Å²) < 4.78 is 10.8. The molecule has 2 fully saturated rings. The number of methoxy groups -OCH3 is 2. The number of likely N-dealkylation sites (N-methyl/N-ethyl adjacent to an activating group) is 1. The Morgan fingerprint density at radius 2 is 1.82 bits per heavy atom. The van der Waals surface area contributed by atoms with Crippen molar-refractivity contribution in [1.82, 2.24) is 15.1 Å². The normalized spacial score (nSPS) is 21.8. The summed E-state index contributed by atoms with van der Waals surface area (Å²) in [4.78, 5) is 29.4. The van der Waals surface area contributed by atoms with E-state index in [-0.39, 0.29) is 17.9 Å². The topological polar surface area (TPSA) is 71.1 Å². The number of nitrogens with zero attached hydrogens (tertiary/aromatic N) is 2. The minimum absolute atomic E-state index is 0.0644. The molecule has 7 nitrogen and oxygen atoms in total. The van der Waals surface area contributed by atoms with Crippen LogP contribution in [0.3, 0.4) is 0 Å². The number of hydrogen-bond donors (Lipinski definition) is 1. The Hall–Kier alpha value is -3.32. The fourth-order valence-corrected chi connectivity index (χ4v) is 5.11. The van der Waals surface area contributed by atoms with Gasteiger partial charge >= 0.3 is 6.03 Å². The van der Waals surface area contributed by atoms with E-state index in [0.29, 0.717) is 6.42 Å². The first-order valence-corrected chi connectivity index (χ1v) is 11.7. The molecule has 2 aliphatic heterocycles. The summed E-state index contributed by atoms with van der Waals surface area (Å²) in [6, 6.07) is 15.4. The Kier molecular flexibility index (Phi) is 7.22. The third kappa shape index (κ3) is 4.80. The minimum Gasteiger partial charge on any atom is -0.497 e. The van der Waals surface area contributed by atoms with Gasteiger partial charge in [0.15, 0.2) is 0 Å². The lowest BCUT2D eigenvalue weighted by Crippen LogP contribution is -2.57. The van der Waals surface area contributed by atoms with Crippen LogP contribution in [-0.4, -0.2) is 68.2 Å². The summed E-state index contributed by atoms with van der Waals surface area (Å²) in [7, 11) is 4.87. The van der Waals surface area contributed by atoms with Crippen molar-refractivity contribution in [3.8, 4) is 11.5 Å². The number of nitrogens with one attached hydrogen (secondary N) is 1. The lowest BCUT2D eigenvalue weighted by atomic mass is 9.74. The van der Waals surface area contributed by atoms with E-state index in [1.54, 1.807) is 21.3 Å². The van der Waals surface area contributed by atoms with Crippen LogP contribution < -0.4 is 14.8 Å². The predicted molar refractivity (Wildman–Crippen MR) is 132 cm³/mol.